The molecule has 1 aromatic heterocycles. The summed E-state index contributed by atoms with van der Waals surface area (Å²) in [5.74, 6) is -2.51. The molecule has 2 heterocycles. The zero-order valence-corrected chi connectivity index (χ0v) is 22.1. The number of carboxylic acids is 1. The quantitative estimate of drug-likeness (QED) is 0.262. The number of carboxylic acid groups (broad SMARTS) is 1. The number of carbonyl (C=O) groups excluding carboxylic acids is 4. The highest BCUT2D eigenvalue weighted by molar-refractivity contribution is 6.10. The molecule has 1 aliphatic heterocycles. The Morgan fingerprint density at radius 1 is 0.927 bits per heavy atom. The highest BCUT2D eigenvalue weighted by Gasteiger charge is 2.30. The van der Waals surface area contributed by atoms with Gasteiger partial charge in [-0.3, -0.25) is 24.0 Å². The van der Waals surface area contributed by atoms with E-state index in [9.17, 15) is 24.0 Å². The molecule has 11 nitrogen and oxygen atoms in total. The molecule has 3 aromatic carbocycles. The fourth-order valence-corrected chi connectivity index (χ4v) is 4.63. The second-order valence-electron chi connectivity index (χ2n) is 9.70. The SMILES string of the molecule is CN1C(=O)CN(CCC(=O)O)C(=O)c2cc(NC(=O)Cc3ccc(NC(=O)c4cc5ccccc5[nH]4)cc3)ccc21. The number of nitrogens with zero attached hydrogens (tertiary/aromatic N) is 2. The maximum absolute atomic E-state index is 13.1. The average Bonchev–Trinajstić information content (AvgIpc) is 3.37. The van der Waals surface area contributed by atoms with E-state index in [4.69, 9.17) is 5.11 Å². The van der Waals surface area contributed by atoms with Gasteiger partial charge in [0.25, 0.3) is 11.8 Å². The molecule has 4 aromatic rings. The van der Waals surface area contributed by atoms with E-state index in [0.29, 0.717) is 28.3 Å². The van der Waals surface area contributed by atoms with Crippen molar-refractivity contribution >= 4 is 57.6 Å². The third-order valence-electron chi connectivity index (χ3n) is 6.81. The molecule has 1 aliphatic rings. The van der Waals surface area contributed by atoms with E-state index in [1.54, 1.807) is 49.5 Å². The van der Waals surface area contributed by atoms with Gasteiger partial charge in [0.1, 0.15) is 12.2 Å². The van der Waals surface area contributed by atoms with Crippen LogP contribution in [0, 0.1) is 0 Å². The molecule has 0 bridgehead atoms. The number of aromatic nitrogens is 1. The third-order valence-corrected chi connectivity index (χ3v) is 6.81. The van der Waals surface area contributed by atoms with Crippen LogP contribution in [0.2, 0.25) is 0 Å². The number of H-pyrrole nitrogens is 1. The first-order valence-electron chi connectivity index (χ1n) is 12.9. The number of nitrogens with one attached hydrogen (secondary N) is 3. The molecule has 0 saturated carbocycles. The number of fused-ring (bicyclic) bond motifs is 2. The number of para-hydroxylation sites is 1. The second kappa shape index (κ2) is 11.3. The summed E-state index contributed by atoms with van der Waals surface area (Å²) in [5.41, 5.74) is 3.53. The molecule has 41 heavy (non-hydrogen) atoms. The van der Waals surface area contributed by atoms with Gasteiger partial charge in [0, 0.05) is 35.9 Å². The molecule has 0 aliphatic carbocycles. The predicted molar refractivity (Wildman–Crippen MR) is 153 cm³/mol. The summed E-state index contributed by atoms with van der Waals surface area (Å²) in [6.45, 7) is -0.348. The number of carbonyl (C=O) groups is 5. The van der Waals surface area contributed by atoms with Gasteiger partial charge < -0.3 is 30.5 Å². The van der Waals surface area contributed by atoms with Crippen molar-refractivity contribution in [2.75, 3.05) is 35.7 Å². The Morgan fingerprint density at radius 2 is 1.66 bits per heavy atom. The molecule has 0 spiro atoms. The van der Waals surface area contributed by atoms with Gasteiger partial charge in [0.2, 0.25) is 11.8 Å². The van der Waals surface area contributed by atoms with Crippen molar-refractivity contribution < 1.29 is 29.1 Å². The number of aliphatic carboxylic acids is 1. The first kappa shape index (κ1) is 27.1. The molecule has 0 unspecified atom stereocenters. The molecule has 208 valence electrons. The number of benzene rings is 3. The molecule has 0 atom stereocenters. The molecule has 4 N–H and O–H groups in total. The van der Waals surface area contributed by atoms with Gasteiger partial charge in [-0.25, -0.2) is 0 Å². The van der Waals surface area contributed by atoms with Crippen molar-refractivity contribution in [2.24, 2.45) is 0 Å². The van der Waals surface area contributed by atoms with E-state index < -0.39 is 11.9 Å². The summed E-state index contributed by atoms with van der Waals surface area (Å²) >= 11 is 0. The van der Waals surface area contributed by atoms with Crippen molar-refractivity contribution in [3.63, 3.8) is 0 Å². The summed E-state index contributed by atoms with van der Waals surface area (Å²) in [4.78, 5) is 67.7. The molecule has 5 rings (SSSR count). The van der Waals surface area contributed by atoms with Gasteiger partial charge in [-0.15, -0.1) is 0 Å². The van der Waals surface area contributed by atoms with E-state index >= 15 is 0 Å². The first-order chi connectivity index (χ1) is 19.7. The largest absolute Gasteiger partial charge is 0.481 e. The Labute approximate surface area is 234 Å². The van der Waals surface area contributed by atoms with Crippen molar-refractivity contribution in [3.8, 4) is 0 Å². The summed E-state index contributed by atoms with van der Waals surface area (Å²) in [6, 6.07) is 20.9. The Hall–Kier alpha value is -5.45. The minimum atomic E-state index is -1.08. The lowest BCUT2D eigenvalue weighted by Crippen LogP contribution is -2.38. The van der Waals surface area contributed by atoms with Crippen LogP contribution in [0.5, 0.6) is 0 Å². The first-order valence-corrected chi connectivity index (χ1v) is 12.9. The lowest BCUT2D eigenvalue weighted by molar-refractivity contribution is -0.137. The van der Waals surface area contributed by atoms with E-state index in [-0.39, 0.29) is 49.2 Å². The maximum atomic E-state index is 13.1. The summed E-state index contributed by atoms with van der Waals surface area (Å²) in [7, 11) is 1.54. The topological polar surface area (TPSA) is 152 Å². The lowest BCUT2D eigenvalue weighted by atomic mass is 10.1. The number of likely N-dealkylation sites (N-methyl/N-ethyl adjacent to an activating group) is 1. The zero-order chi connectivity index (χ0) is 29.1. The molecule has 4 amide bonds. The van der Waals surface area contributed by atoms with Gasteiger partial charge in [-0.1, -0.05) is 30.3 Å². The van der Waals surface area contributed by atoms with Crippen LogP contribution >= 0.6 is 0 Å². The number of anilines is 3. The number of amides is 4. The van der Waals surface area contributed by atoms with E-state index in [2.05, 4.69) is 15.6 Å². The fourth-order valence-electron chi connectivity index (χ4n) is 4.63. The molecule has 0 radical (unpaired) electrons. The monoisotopic (exact) mass is 553 g/mol. The van der Waals surface area contributed by atoms with Crippen molar-refractivity contribution in [2.45, 2.75) is 12.8 Å². The zero-order valence-electron chi connectivity index (χ0n) is 22.1. The van der Waals surface area contributed by atoms with Crippen LogP contribution in [-0.4, -0.2) is 64.7 Å². The van der Waals surface area contributed by atoms with Crippen LogP contribution < -0.4 is 15.5 Å². The van der Waals surface area contributed by atoms with Crippen molar-refractivity contribution in [1.82, 2.24) is 9.88 Å². The molecular formula is C30H27N5O6. The predicted octanol–water partition coefficient (Wildman–Crippen LogP) is 3.49. The third kappa shape index (κ3) is 6.09. The Morgan fingerprint density at radius 3 is 2.39 bits per heavy atom. The van der Waals surface area contributed by atoms with Crippen LogP contribution in [0.15, 0.2) is 72.8 Å². The molecule has 0 fully saturated rings. The summed E-state index contributed by atoms with van der Waals surface area (Å²) in [5, 5.41) is 15.6. The Bertz CT molecular complexity index is 1640. The van der Waals surface area contributed by atoms with Crippen LogP contribution in [0.4, 0.5) is 17.1 Å². The van der Waals surface area contributed by atoms with Gasteiger partial charge in [0.05, 0.1) is 24.1 Å². The summed E-state index contributed by atoms with van der Waals surface area (Å²) in [6.07, 6.45) is -0.246. The highest BCUT2D eigenvalue weighted by atomic mass is 16.4. The van der Waals surface area contributed by atoms with E-state index in [1.807, 2.05) is 24.3 Å². The van der Waals surface area contributed by atoms with E-state index in [1.165, 1.54) is 15.9 Å². The van der Waals surface area contributed by atoms with Crippen LogP contribution in [-0.2, 0) is 20.8 Å². The lowest BCUT2D eigenvalue weighted by Gasteiger charge is -2.19. The maximum Gasteiger partial charge on any atom is 0.305 e. The summed E-state index contributed by atoms with van der Waals surface area (Å²) < 4.78 is 0. The Kier molecular flexibility index (Phi) is 7.51. The van der Waals surface area contributed by atoms with Gasteiger partial charge >= 0.3 is 5.97 Å². The highest BCUT2D eigenvalue weighted by Crippen LogP contribution is 2.28. The average molecular weight is 554 g/mol. The Balaban J connectivity index is 1.23. The molecule has 11 heteroatoms. The fraction of sp³-hybridized carbons (Fsp3) is 0.167. The van der Waals surface area contributed by atoms with Crippen molar-refractivity contribution in [1.29, 1.82) is 0 Å². The second-order valence-corrected chi connectivity index (χ2v) is 9.70. The van der Waals surface area contributed by atoms with E-state index in [0.717, 1.165) is 10.9 Å². The normalized spacial score (nSPS) is 13.1. The minimum absolute atomic E-state index is 0.0460. The molecule has 0 saturated heterocycles. The number of hydrogen-bond acceptors (Lipinski definition) is 5. The molecular weight excluding hydrogens is 526 g/mol. The van der Waals surface area contributed by atoms with Gasteiger partial charge in [0.15, 0.2) is 0 Å². The number of rotatable bonds is 8. The van der Waals surface area contributed by atoms with Crippen LogP contribution in [0.3, 0.4) is 0 Å². The van der Waals surface area contributed by atoms with Crippen LogP contribution in [0.25, 0.3) is 10.9 Å². The van der Waals surface area contributed by atoms with Gasteiger partial charge in [-0.2, -0.15) is 0 Å². The smallest absolute Gasteiger partial charge is 0.305 e. The van der Waals surface area contributed by atoms with Crippen molar-refractivity contribution in [3.05, 3.63) is 89.6 Å². The standard InChI is InChI=1S/C30H27N5O6/c1-34-25-11-10-21(16-22(25)30(41)35(17-27(34)37)13-12-28(38)39)31-26(36)14-18-6-8-20(9-7-18)32-29(40)24-15-19-4-2-3-5-23(19)33-24/h2-11,15-16,33H,12-14,17H2,1H3,(H,31,36)(H,32,40)(H,38,39). The van der Waals surface area contributed by atoms with Gasteiger partial charge in [-0.05, 0) is 48.0 Å². The minimum Gasteiger partial charge on any atom is -0.481 e. The number of aromatic amines is 1. The number of hydrogen-bond donors (Lipinski definition) is 4. The van der Waals surface area contributed by atoms with Crippen LogP contribution in [0.1, 0.15) is 32.8 Å².